The van der Waals surface area contributed by atoms with Gasteiger partial charge in [0.15, 0.2) is 0 Å². The second-order valence-corrected chi connectivity index (χ2v) is 10.6. The summed E-state index contributed by atoms with van der Waals surface area (Å²) in [7, 11) is -3.33. The number of nitrogens with zero attached hydrogens (tertiary/aromatic N) is 2. The molecule has 1 atom stereocenters. The largest absolute Gasteiger partial charge is 0.355 e. The van der Waals surface area contributed by atoms with E-state index in [2.05, 4.69) is 22.3 Å². The molecule has 0 aromatic heterocycles. The summed E-state index contributed by atoms with van der Waals surface area (Å²) in [6.45, 7) is 4.12. The molecule has 8 heteroatoms. The second kappa shape index (κ2) is 10.0. The lowest BCUT2D eigenvalue weighted by Gasteiger charge is -2.41. The molecule has 4 rings (SSSR count). The third kappa shape index (κ3) is 5.52. The van der Waals surface area contributed by atoms with Gasteiger partial charge in [-0.1, -0.05) is 30.3 Å². The van der Waals surface area contributed by atoms with E-state index in [1.807, 2.05) is 37.3 Å². The van der Waals surface area contributed by atoms with E-state index in [1.165, 1.54) is 34.5 Å². The highest BCUT2D eigenvalue weighted by atomic mass is 32.2. The number of aryl methyl sites for hydroxylation is 1. The van der Waals surface area contributed by atoms with Crippen LogP contribution in [0.2, 0.25) is 0 Å². The van der Waals surface area contributed by atoms with Gasteiger partial charge in [-0.15, -0.1) is 0 Å². The van der Waals surface area contributed by atoms with Gasteiger partial charge in [-0.25, -0.2) is 12.8 Å². The Balaban J connectivity index is 1.69. The minimum atomic E-state index is -3.33. The number of hydrogen-bond acceptors (Lipinski definition) is 5. The van der Waals surface area contributed by atoms with Crippen molar-refractivity contribution in [2.24, 2.45) is 0 Å². The fourth-order valence-electron chi connectivity index (χ4n) is 4.42. The van der Waals surface area contributed by atoms with Gasteiger partial charge in [0.1, 0.15) is 5.82 Å². The van der Waals surface area contributed by atoms with Crippen LogP contribution in [0.5, 0.6) is 0 Å². The monoisotopic (exact) mass is 480 g/mol. The molecule has 0 spiro atoms. The number of anilines is 2. The molecule has 3 aromatic carbocycles. The van der Waals surface area contributed by atoms with Gasteiger partial charge in [0.05, 0.1) is 6.26 Å². The Morgan fingerprint density at radius 3 is 2.44 bits per heavy atom. The summed E-state index contributed by atoms with van der Waals surface area (Å²) in [6, 6.07) is 20.0. The van der Waals surface area contributed by atoms with Crippen LogP contribution in [-0.4, -0.2) is 49.7 Å². The van der Waals surface area contributed by atoms with Crippen LogP contribution in [-0.2, 0) is 16.6 Å². The van der Waals surface area contributed by atoms with Gasteiger partial charge in [0.2, 0.25) is 10.0 Å². The molecule has 1 heterocycles. The van der Waals surface area contributed by atoms with Crippen LogP contribution in [0.4, 0.5) is 15.8 Å². The Kier molecular flexibility index (Phi) is 7.11. The summed E-state index contributed by atoms with van der Waals surface area (Å²) in [5, 5.41) is 11.3. The Morgan fingerprint density at radius 1 is 1.09 bits per heavy atom. The maximum Gasteiger partial charge on any atom is 0.211 e. The average molecular weight is 481 g/mol. The number of nitrogens with one attached hydrogen (secondary N) is 2. The van der Waals surface area contributed by atoms with Crippen molar-refractivity contribution in [3.05, 3.63) is 94.8 Å². The number of hydrogen-bond donors (Lipinski definition) is 2. The Morgan fingerprint density at radius 2 is 1.79 bits per heavy atom. The number of rotatable bonds is 7. The van der Waals surface area contributed by atoms with E-state index in [-0.39, 0.29) is 11.9 Å². The zero-order valence-electron chi connectivity index (χ0n) is 19.3. The molecule has 1 aliphatic heterocycles. The minimum Gasteiger partial charge on any atom is -0.355 e. The third-order valence-corrected chi connectivity index (χ3v) is 7.50. The van der Waals surface area contributed by atoms with E-state index in [0.717, 1.165) is 22.5 Å². The predicted octanol–water partition coefficient (Wildman–Crippen LogP) is 4.69. The van der Waals surface area contributed by atoms with Crippen LogP contribution in [0.1, 0.15) is 28.3 Å². The molecule has 0 saturated carbocycles. The van der Waals surface area contributed by atoms with Crippen molar-refractivity contribution in [2.45, 2.75) is 19.5 Å². The average Bonchev–Trinajstić information content (AvgIpc) is 2.81. The van der Waals surface area contributed by atoms with Gasteiger partial charge < -0.3 is 10.7 Å². The van der Waals surface area contributed by atoms with Gasteiger partial charge in [-0.05, 0) is 60.0 Å². The smallest absolute Gasteiger partial charge is 0.211 e. The van der Waals surface area contributed by atoms with Gasteiger partial charge in [-0.3, -0.25) is 4.90 Å². The highest BCUT2D eigenvalue weighted by Crippen LogP contribution is 2.34. The van der Waals surface area contributed by atoms with Crippen molar-refractivity contribution in [3.8, 4) is 0 Å². The van der Waals surface area contributed by atoms with Crippen LogP contribution in [0.15, 0.2) is 66.7 Å². The molecule has 0 bridgehead atoms. The van der Waals surface area contributed by atoms with Gasteiger partial charge in [0, 0.05) is 55.4 Å². The molecule has 0 aliphatic carbocycles. The SMILES string of the molecule is Cc1cc(Nc2ccc(F)cc2)c(C=N)cc1[C@H]1CN(S(C)(=O)=O)CCN1Cc1ccccc1. The van der Waals surface area contributed by atoms with E-state index >= 15 is 0 Å². The fourth-order valence-corrected chi connectivity index (χ4v) is 5.24. The fraction of sp³-hybridized carbons (Fsp3) is 0.269. The van der Waals surface area contributed by atoms with Crippen LogP contribution in [0.3, 0.4) is 0 Å². The molecule has 1 saturated heterocycles. The van der Waals surface area contributed by atoms with E-state index in [9.17, 15) is 12.8 Å². The highest BCUT2D eigenvalue weighted by molar-refractivity contribution is 7.88. The maximum absolute atomic E-state index is 13.3. The van der Waals surface area contributed by atoms with Crippen molar-refractivity contribution in [1.82, 2.24) is 9.21 Å². The van der Waals surface area contributed by atoms with E-state index in [1.54, 1.807) is 12.1 Å². The van der Waals surface area contributed by atoms with Crippen molar-refractivity contribution in [1.29, 1.82) is 5.41 Å². The Labute approximate surface area is 200 Å². The van der Waals surface area contributed by atoms with Crippen molar-refractivity contribution in [3.63, 3.8) is 0 Å². The van der Waals surface area contributed by atoms with E-state index < -0.39 is 10.0 Å². The molecule has 1 aliphatic rings. The summed E-state index contributed by atoms with van der Waals surface area (Å²) in [6.07, 6.45) is 2.54. The summed E-state index contributed by atoms with van der Waals surface area (Å²) in [5.74, 6) is -0.310. The zero-order chi connectivity index (χ0) is 24.3. The normalized spacial score (nSPS) is 17.4. The number of benzene rings is 3. The van der Waals surface area contributed by atoms with Gasteiger partial charge in [-0.2, -0.15) is 4.31 Å². The summed E-state index contributed by atoms with van der Waals surface area (Å²) in [5.41, 5.74) is 5.30. The maximum atomic E-state index is 13.3. The first kappa shape index (κ1) is 24.1. The molecule has 0 amide bonds. The summed E-state index contributed by atoms with van der Waals surface area (Å²) < 4.78 is 39.5. The molecule has 34 heavy (non-hydrogen) atoms. The predicted molar refractivity (Wildman–Crippen MR) is 135 cm³/mol. The van der Waals surface area contributed by atoms with Gasteiger partial charge >= 0.3 is 0 Å². The molecule has 178 valence electrons. The number of piperazine rings is 1. The Bertz CT molecular complexity index is 1260. The molecule has 6 nitrogen and oxygen atoms in total. The standard InChI is InChI=1S/C26H29FN4O2S/c1-19-14-25(29-23-10-8-22(27)9-11-23)21(16-28)15-24(19)26-18-31(34(2,32)33)13-12-30(26)17-20-6-4-3-5-7-20/h3-11,14-16,26,28-29H,12-13,17-18H2,1-2H3/t26-/m1/s1. The molecule has 3 aromatic rings. The second-order valence-electron chi connectivity index (χ2n) is 8.67. The first-order valence-electron chi connectivity index (χ1n) is 11.2. The van der Waals surface area contributed by atoms with Crippen molar-refractivity contribution < 1.29 is 12.8 Å². The lowest BCUT2D eigenvalue weighted by Crippen LogP contribution is -2.49. The van der Waals surface area contributed by atoms with Crippen LogP contribution in [0, 0.1) is 18.2 Å². The van der Waals surface area contributed by atoms with Crippen molar-refractivity contribution >= 4 is 27.6 Å². The number of sulfonamides is 1. The lowest BCUT2D eigenvalue weighted by atomic mass is 9.94. The minimum absolute atomic E-state index is 0.151. The molecule has 2 N–H and O–H groups in total. The molecule has 0 unspecified atom stereocenters. The first-order chi connectivity index (χ1) is 16.2. The van der Waals surface area contributed by atoms with E-state index in [0.29, 0.717) is 31.7 Å². The molecular weight excluding hydrogens is 451 g/mol. The van der Waals surface area contributed by atoms with Crippen LogP contribution >= 0.6 is 0 Å². The zero-order valence-corrected chi connectivity index (χ0v) is 20.1. The third-order valence-electron chi connectivity index (χ3n) is 6.23. The number of halogens is 1. The van der Waals surface area contributed by atoms with Crippen LogP contribution < -0.4 is 5.32 Å². The van der Waals surface area contributed by atoms with Crippen LogP contribution in [0.25, 0.3) is 0 Å². The molecular formula is C26H29FN4O2S. The topological polar surface area (TPSA) is 76.5 Å². The van der Waals surface area contributed by atoms with Gasteiger partial charge in [0.25, 0.3) is 0 Å². The highest BCUT2D eigenvalue weighted by Gasteiger charge is 2.33. The molecule has 1 fully saturated rings. The first-order valence-corrected chi connectivity index (χ1v) is 13.0. The quantitative estimate of drug-likeness (QED) is 0.481. The molecule has 0 radical (unpaired) electrons. The summed E-state index contributed by atoms with van der Waals surface area (Å²) >= 11 is 0. The lowest BCUT2D eigenvalue weighted by molar-refractivity contribution is 0.111. The summed E-state index contributed by atoms with van der Waals surface area (Å²) in [4.78, 5) is 2.31. The Hall–Kier alpha value is -3.07. The van der Waals surface area contributed by atoms with Crippen molar-refractivity contribution in [2.75, 3.05) is 31.2 Å². The van der Waals surface area contributed by atoms with E-state index in [4.69, 9.17) is 5.41 Å².